The Morgan fingerprint density at radius 2 is 1.76 bits per heavy atom. The van der Waals surface area contributed by atoms with Crippen LogP contribution in [0.5, 0.6) is 11.5 Å². The Kier molecular flexibility index (Phi) is 7.97. The molecule has 0 fully saturated rings. The number of halogens is 1. The van der Waals surface area contributed by atoms with Crippen molar-refractivity contribution in [2.45, 2.75) is 6.61 Å². The van der Waals surface area contributed by atoms with Gasteiger partial charge in [0.1, 0.15) is 24.1 Å². The maximum absolute atomic E-state index is 13.8. The van der Waals surface area contributed by atoms with Crippen LogP contribution in [0.1, 0.15) is 21.5 Å². The van der Waals surface area contributed by atoms with Crippen molar-refractivity contribution in [3.8, 4) is 17.6 Å². The lowest BCUT2D eigenvalue weighted by Gasteiger charge is -2.12. The molecule has 0 spiro atoms. The Labute approximate surface area is 196 Å². The first kappa shape index (κ1) is 24.0. The molecule has 0 saturated carbocycles. The van der Waals surface area contributed by atoms with Crippen molar-refractivity contribution in [3.05, 3.63) is 94.8 Å². The molecule has 1 N–H and O–H groups in total. The molecule has 0 aliphatic heterocycles. The largest absolute Gasteiger partial charge is 0.493 e. The number of nitrogens with zero attached hydrogens (tertiary/aromatic N) is 1. The van der Waals surface area contributed by atoms with Crippen molar-refractivity contribution in [1.82, 2.24) is 0 Å². The third-order valence-electron chi connectivity index (χ3n) is 4.77. The molecule has 0 saturated heterocycles. The van der Waals surface area contributed by atoms with E-state index in [9.17, 15) is 19.2 Å². The average Bonchev–Trinajstić information content (AvgIpc) is 2.87. The van der Waals surface area contributed by atoms with Gasteiger partial charge in [-0.25, -0.2) is 9.18 Å². The van der Waals surface area contributed by atoms with Crippen LogP contribution in [0.15, 0.2) is 72.3 Å². The fraction of sp³-hybridized carbons (Fsp3) is 0.115. The molecule has 0 atom stereocenters. The molecular weight excluding hydrogens is 439 g/mol. The van der Waals surface area contributed by atoms with Gasteiger partial charge < -0.3 is 19.5 Å². The number of anilines is 1. The highest BCUT2D eigenvalue weighted by Crippen LogP contribution is 2.30. The summed E-state index contributed by atoms with van der Waals surface area (Å²) in [5.41, 5.74) is 1.53. The first-order valence-electron chi connectivity index (χ1n) is 10.1. The predicted molar refractivity (Wildman–Crippen MR) is 124 cm³/mol. The first-order valence-corrected chi connectivity index (χ1v) is 10.1. The first-order chi connectivity index (χ1) is 16.4. The number of rotatable bonds is 8. The molecule has 3 aromatic rings. The summed E-state index contributed by atoms with van der Waals surface area (Å²) < 4.78 is 29.5. The van der Waals surface area contributed by atoms with Crippen LogP contribution in [0.3, 0.4) is 0 Å². The Balaban J connectivity index is 1.73. The van der Waals surface area contributed by atoms with Crippen LogP contribution >= 0.6 is 0 Å². The Morgan fingerprint density at radius 1 is 1.03 bits per heavy atom. The van der Waals surface area contributed by atoms with E-state index in [4.69, 9.17) is 9.47 Å². The number of esters is 1. The standard InChI is InChI=1S/C26H21FN2O5/c1-32-24-14-17(7-12-23(24)34-16-19-5-3-4-6-22(19)27)13-20(15-28)25(30)29-21-10-8-18(9-11-21)26(31)33-2/h3-14H,16H2,1-2H3,(H,29,30)/b20-13+. The highest BCUT2D eigenvalue weighted by Gasteiger charge is 2.13. The van der Waals surface area contributed by atoms with Crippen LogP contribution in [-0.2, 0) is 16.1 Å². The molecule has 0 aromatic heterocycles. The van der Waals surface area contributed by atoms with Gasteiger partial charge in [0.2, 0.25) is 0 Å². The lowest BCUT2D eigenvalue weighted by atomic mass is 10.1. The summed E-state index contributed by atoms with van der Waals surface area (Å²) in [5.74, 6) is -0.735. The summed E-state index contributed by atoms with van der Waals surface area (Å²) in [5, 5.41) is 12.1. The summed E-state index contributed by atoms with van der Waals surface area (Å²) in [6.45, 7) is 0.0127. The Hall–Kier alpha value is -4.64. The topological polar surface area (TPSA) is 97.7 Å². The minimum atomic E-state index is -0.618. The molecule has 7 nitrogen and oxygen atoms in total. The summed E-state index contributed by atoms with van der Waals surface area (Å²) in [6, 6.07) is 19.1. The zero-order valence-electron chi connectivity index (χ0n) is 18.5. The number of amides is 1. The molecule has 0 radical (unpaired) electrons. The SMILES string of the molecule is COC(=O)c1ccc(NC(=O)/C(C#N)=C/c2ccc(OCc3ccccc3F)c(OC)c2)cc1. The molecule has 34 heavy (non-hydrogen) atoms. The lowest BCUT2D eigenvalue weighted by Crippen LogP contribution is -2.13. The normalized spacial score (nSPS) is 10.7. The van der Waals surface area contributed by atoms with Crippen molar-refractivity contribution in [2.75, 3.05) is 19.5 Å². The van der Waals surface area contributed by atoms with Gasteiger partial charge in [-0.05, 0) is 54.1 Å². The second kappa shape index (κ2) is 11.3. The molecule has 0 unspecified atom stereocenters. The molecule has 0 bridgehead atoms. The number of carbonyl (C=O) groups is 2. The summed E-state index contributed by atoms with van der Waals surface area (Å²) in [6.07, 6.45) is 1.40. The number of nitriles is 1. The van der Waals surface area contributed by atoms with Gasteiger partial charge in [0, 0.05) is 11.3 Å². The van der Waals surface area contributed by atoms with Gasteiger partial charge in [0.05, 0.1) is 19.8 Å². The van der Waals surface area contributed by atoms with Crippen LogP contribution in [0.2, 0.25) is 0 Å². The second-order valence-electron chi connectivity index (χ2n) is 6.98. The maximum atomic E-state index is 13.8. The van der Waals surface area contributed by atoms with Crippen molar-refractivity contribution >= 4 is 23.6 Å². The molecular formula is C26H21FN2O5. The highest BCUT2D eigenvalue weighted by atomic mass is 19.1. The van der Waals surface area contributed by atoms with Crippen molar-refractivity contribution in [1.29, 1.82) is 5.26 Å². The second-order valence-corrected chi connectivity index (χ2v) is 6.98. The minimum Gasteiger partial charge on any atom is -0.493 e. The van der Waals surface area contributed by atoms with E-state index in [1.165, 1.54) is 50.6 Å². The van der Waals surface area contributed by atoms with E-state index in [2.05, 4.69) is 10.1 Å². The number of nitrogens with one attached hydrogen (secondary N) is 1. The summed E-state index contributed by atoms with van der Waals surface area (Å²) >= 11 is 0. The van der Waals surface area contributed by atoms with Crippen LogP contribution in [-0.4, -0.2) is 26.1 Å². The molecule has 3 aromatic carbocycles. The molecule has 172 valence electrons. The average molecular weight is 460 g/mol. The van der Waals surface area contributed by atoms with Crippen LogP contribution < -0.4 is 14.8 Å². The van der Waals surface area contributed by atoms with Crippen LogP contribution in [0, 0.1) is 17.1 Å². The number of hydrogen-bond donors (Lipinski definition) is 1. The van der Waals surface area contributed by atoms with E-state index >= 15 is 0 Å². The van der Waals surface area contributed by atoms with E-state index in [0.717, 1.165) is 0 Å². The minimum absolute atomic E-state index is 0.0127. The summed E-state index contributed by atoms with van der Waals surface area (Å²) in [4.78, 5) is 24.1. The van der Waals surface area contributed by atoms with E-state index in [0.29, 0.717) is 33.9 Å². The van der Waals surface area contributed by atoms with E-state index < -0.39 is 11.9 Å². The third kappa shape index (κ3) is 5.99. The monoisotopic (exact) mass is 460 g/mol. The lowest BCUT2D eigenvalue weighted by molar-refractivity contribution is -0.112. The van der Waals surface area contributed by atoms with Crippen molar-refractivity contribution < 1.29 is 28.2 Å². The predicted octanol–water partition coefficient (Wildman–Crippen LogP) is 4.75. The number of methoxy groups -OCH3 is 2. The maximum Gasteiger partial charge on any atom is 0.337 e. The Morgan fingerprint density at radius 3 is 2.41 bits per heavy atom. The molecule has 0 aliphatic carbocycles. The fourth-order valence-electron chi connectivity index (χ4n) is 2.99. The molecule has 3 rings (SSSR count). The number of ether oxygens (including phenoxy) is 3. The van der Waals surface area contributed by atoms with Crippen LogP contribution in [0.4, 0.5) is 10.1 Å². The molecule has 0 heterocycles. The fourth-order valence-corrected chi connectivity index (χ4v) is 2.99. The van der Waals surface area contributed by atoms with Crippen molar-refractivity contribution in [2.24, 2.45) is 0 Å². The van der Waals surface area contributed by atoms with Gasteiger partial charge in [0.15, 0.2) is 11.5 Å². The van der Waals surface area contributed by atoms with Gasteiger partial charge in [-0.1, -0.05) is 24.3 Å². The van der Waals surface area contributed by atoms with Gasteiger partial charge >= 0.3 is 5.97 Å². The van der Waals surface area contributed by atoms with Gasteiger partial charge in [-0.2, -0.15) is 5.26 Å². The number of carbonyl (C=O) groups excluding carboxylic acids is 2. The Bertz CT molecular complexity index is 1260. The van der Waals surface area contributed by atoms with Crippen LogP contribution in [0.25, 0.3) is 6.08 Å². The molecule has 1 amide bonds. The smallest absolute Gasteiger partial charge is 0.337 e. The van der Waals surface area contributed by atoms with E-state index in [-0.39, 0.29) is 18.0 Å². The van der Waals surface area contributed by atoms with Gasteiger partial charge in [-0.3, -0.25) is 4.79 Å². The zero-order chi connectivity index (χ0) is 24.5. The quantitative estimate of drug-likeness (QED) is 0.296. The third-order valence-corrected chi connectivity index (χ3v) is 4.77. The van der Waals surface area contributed by atoms with Crippen molar-refractivity contribution in [3.63, 3.8) is 0 Å². The molecule has 8 heteroatoms. The van der Waals surface area contributed by atoms with E-state index in [1.54, 1.807) is 36.4 Å². The number of benzene rings is 3. The molecule has 0 aliphatic rings. The zero-order valence-corrected chi connectivity index (χ0v) is 18.5. The summed E-state index contributed by atoms with van der Waals surface area (Å²) in [7, 11) is 2.73. The highest BCUT2D eigenvalue weighted by molar-refractivity contribution is 6.09. The number of hydrogen-bond acceptors (Lipinski definition) is 6. The van der Waals surface area contributed by atoms with E-state index in [1.807, 2.05) is 6.07 Å². The van der Waals surface area contributed by atoms with Gasteiger partial charge in [-0.15, -0.1) is 0 Å². The van der Waals surface area contributed by atoms with Gasteiger partial charge in [0.25, 0.3) is 5.91 Å².